The summed E-state index contributed by atoms with van der Waals surface area (Å²) in [5, 5.41) is 30.7. The summed E-state index contributed by atoms with van der Waals surface area (Å²) in [5.74, 6) is -0.770. The summed E-state index contributed by atoms with van der Waals surface area (Å²) in [6.45, 7) is 0.969. The van der Waals surface area contributed by atoms with Crippen LogP contribution in [0.1, 0.15) is 22.3 Å². The Balaban J connectivity index is 1.42. The molecule has 2 aromatic rings. The Labute approximate surface area is 168 Å². The van der Waals surface area contributed by atoms with Crippen LogP contribution >= 0.6 is 0 Å². The molecule has 0 amide bonds. The van der Waals surface area contributed by atoms with Crippen LogP contribution in [0.5, 0.6) is 0 Å². The van der Waals surface area contributed by atoms with E-state index >= 15 is 0 Å². The van der Waals surface area contributed by atoms with Crippen molar-refractivity contribution in [3.63, 3.8) is 0 Å². The maximum Gasteiger partial charge on any atom is 0.359 e. The van der Waals surface area contributed by atoms with E-state index in [1.54, 1.807) is 18.2 Å². The monoisotopic (exact) mass is 403 g/mol. The average molecular weight is 403 g/mol. The van der Waals surface area contributed by atoms with E-state index < -0.39 is 30.3 Å². The van der Waals surface area contributed by atoms with Crippen molar-refractivity contribution in [2.24, 2.45) is 0 Å². The van der Waals surface area contributed by atoms with Gasteiger partial charge in [0.05, 0.1) is 31.5 Å². The Bertz CT molecular complexity index is 758. The minimum Gasteiger partial charge on any atom is -0.388 e. The molecular weight excluding hydrogens is 378 g/mol. The van der Waals surface area contributed by atoms with Crippen molar-refractivity contribution < 1.29 is 34.5 Å². The van der Waals surface area contributed by atoms with Crippen LogP contribution in [0.2, 0.25) is 0 Å². The number of hydroxylamine groups is 2. The smallest absolute Gasteiger partial charge is 0.359 e. The van der Waals surface area contributed by atoms with Gasteiger partial charge in [0.25, 0.3) is 0 Å². The number of aliphatic hydroxyl groups excluding tert-OH is 2. The zero-order valence-electron chi connectivity index (χ0n) is 15.8. The maximum atomic E-state index is 12.0. The van der Waals surface area contributed by atoms with Crippen LogP contribution in [0, 0.1) is 0 Å². The fourth-order valence-corrected chi connectivity index (χ4v) is 3.15. The fraction of sp³-hybridized carbons (Fsp3) is 0.381. The highest BCUT2D eigenvalue weighted by Gasteiger charge is 2.46. The van der Waals surface area contributed by atoms with E-state index in [0.717, 1.165) is 5.56 Å². The van der Waals surface area contributed by atoms with E-state index in [4.69, 9.17) is 14.3 Å². The molecule has 0 aromatic heterocycles. The summed E-state index contributed by atoms with van der Waals surface area (Å²) in [5.41, 5.74) is 1.29. The average Bonchev–Trinajstić information content (AvgIpc) is 3.03. The van der Waals surface area contributed by atoms with Crippen molar-refractivity contribution >= 4 is 5.97 Å². The lowest BCUT2D eigenvalue weighted by Gasteiger charge is -2.23. The van der Waals surface area contributed by atoms with Gasteiger partial charge in [0.15, 0.2) is 0 Å². The highest BCUT2D eigenvalue weighted by atomic mass is 16.9. The van der Waals surface area contributed by atoms with Gasteiger partial charge in [-0.3, -0.25) is 5.21 Å². The van der Waals surface area contributed by atoms with E-state index in [-0.39, 0.29) is 18.6 Å². The normalized spacial score (nSPS) is 24.0. The quantitative estimate of drug-likeness (QED) is 0.427. The van der Waals surface area contributed by atoms with Crippen molar-refractivity contribution in [2.75, 3.05) is 13.2 Å². The molecule has 2 aromatic carbocycles. The number of hydrogen-bond acceptors (Lipinski definition) is 8. The van der Waals surface area contributed by atoms with Crippen molar-refractivity contribution in [1.29, 1.82) is 0 Å². The first-order valence-corrected chi connectivity index (χ1v) is 9.41. The molecule has 8 heteroatoms. The highest BCUT2D eigenvalue weighted by Crippen LogP contribution is 2.27. The van der Waals surface area contributed by atoms with Crippen LogP contribution in [-0.4, -0.2) is 64.2 Å². The predicted molar refractivity (Wildman–Crippen MR) is 102 cm³/mol. The number of carbonyl (C=O) groups excluding carboxylic acids is 1. The van der Waals surface area contributed by atoms with Crippen LogP contribution in [-0.2, 0) is 20.9 Å². The molecule has 0 bridgehead atoms. The molecular formula is C21H25NO7. The van der Waals surface area contributed by atoms with Gasteiger partial charge in [-0.25, -0.2) is 4.79 Å². The third-order valence-electron chi connectivity index (χ3n) is 4.74. The molecule has 0 aliphatic heterocycles. The largest absolute Gasteiger partial charge is 0.388 e. The Morgan fingerprint density at radius 1 is 0.966 bits per heavy atom. The van der Waals surface area contributed by atoms with Crippen LogP contribution in [0.4, 0.5) is 0 Å². The molecule has 156 valence electrons. The zero-order valence-corrected chi connectivity index (χ0v) is 15.8. The molecule has 0 spiro atoms. The van der Waals surface area contributed by atoms with Crippen molar-refractivity contribution in [1.82, 2.24) is 5.23 Å². The molecule has 1 aliphatic rings. The molecule has 0 heterocycles. The first kappa shape index (κ1) is 21.4. The highest BCUT2D eigenvalue weighted by molar-refractivity contribution is 5.89. The SMILES string of the molecule is O=C(ON(O)[C@@H]1C[C@H](OCCOCc2ccccc2)[C@@H](O)[C@H]1O)c1ccccc1. The number of rotatable bonds is 9. The molecule has 0 saturated heterocycles. The second kappa shape index (κ2) is 10.4. The van der Waals surface area contributed by atoms with Gasteiger partial charge < -0.3 is 24.5 Å². The number of aliphatic hydroxyl groups is 2. The topological polar surface area (TPSA) is 109 Å². The van der Waals surface area contributed by atoms with Gasteiger partial charge in [-0.1, -0.05) is 48.5 Å². The summed E-state index contributed by atoms with van der Waals surface area (Å²) in [6, 6.07) is 16.8. The lowest BCUT2D eigenvalue weighted by atomic mass is 10.2. The molecule has 1 fully saturated rings. The van der Waals surface area contributed by atoms with Gasteiger partial charge in [-0.15, -0.1) is 0 Å². The van der Waals surface area contributed by atoms with Crippen LogP contribution in [0.15, 0.2) is 60.7 Å². The molecule has 0 radical (unpaired) electrons. The molecule has 0 unspecified atom stereocenters. The van der Waals surface area contributed by atoms with Gasteiger partial charge in [-0.05, 0) is 22.9 Å². The third kappa shape index (κ3) is 5.83. The number of nitrogens with zero attached hydrogens (tertiary/aromatic N) is 1. The lowest BCUT2D eigenvalue weighted by Crippen LogP contribution is -2.42. The lowest BCUT2D eigenvalue weighted by molar-refractivity contribution is -0.336. The van der Waals surface area contributed by atoms with Gasteiger partial charge in [0.1, 0.15) is 18.2 Å². The van der Waals surface area contributed by atoms with Crippen molar-refractivity contribution in [2.45, 2.75) is 37.4 Å². The summed E-state index contributed by atoms with van der Waals surface area (Å²) in [7, 11) is 0. The summed E-state index contributed by atoms with van der Waals surface area (Å²) in [6.07, 6.45) is -3.20. The van der Waals surface area contributed by atoms with Gasteiger partial charge in [0.2, 0.25) is 0 Å². The second-order valence-corrected chi connectivity index (χ2v) is 6.78. The molecule has 3 N–H and O–H groups in total. The fourth-order valence-electron chi connectivity index (χ4n) is 3.15. The number of benzene rings is 2. The first-order chi connectivity index (χ1) is 14.1. The van der Waals surface area contributed by atoms with Crippen molar-refractivity contribution in [3.05, 3.63) is 71.8 Å². The molecule has 1 saturated carbocycles. The van der Waals surface area contributed by atoms with Gasteiger partial charge in [-0.2, -0.15) is 0 Å². The molecule has 8 nitrogen and oxygen atoms in total. The molecule has 3 rings (SSSR count). The summed E-state index contributed by atoms with van der Waals surface area (Å²) >= 11 is 0. The van der Waals surface area contributed by atoms with E-state index in [1.807, 2.05) is 30.3 Å². The summed E-state index contributed by atoms with van der Waals surface area (Å²) in [4.78, 5) is 16.9. The van der Waals surface area contributed by atoms with E-state index in [2.05, 4.69) is 0 Å². The van der Waals surface area contributed by atoms with E-state index in [0.29, 0.717) is 18.4 Å². The molecule has 1 aliphatic carbocycles. The number of carbonyl (C=O) groups is 1. The predicted octanol–water partition coefficient (Wildman–Crippen LogP) is 1.55. The Kier molecular flexibility index (Phi) is 7.70. The van der Waals surface area contributed by atoms with E-state index in [1.165, 1.54) is 12.1 Å². The number of ether oxygens (including phenoxy) is 2. The van der Waals surface area contributed by atoms with Crippen LogP contribution in [0.25, 0.3) is 0 Å². The second-order valence-electron chi connectivity index (χ2n) is 6.78. The van der Waals surface area contributed by atoms with E-state index in [9.17, 15) is 20.2 Å². The molecule has 29 heavy (non-hydrogen) atoms. The number of hydrogen-bond donors (Lipinski definition) is 3. The minimum absolute atomic E-state index is 0.0829. The minimum atomic E-state index is -1.33. The molecule has 4 atom stereocenters. The Morgan fingerprint density at radius 3 is 2.31 bits per heavy atom. The Hall–Kier alpha value is -2.33. The van der Waals surface area contributed by atoms with Crippen LogP contribution < -0.4 is 0 Å². The van der Waals surface area contributed by atoms with Crippen LogP contribution in [0.3, 0.4) is 0 Å². The first-order valence-electron chi connectivity index (χ1n) is 9.41. The zero-order chi connectivity index (χ0) is 20.6. The maximum absolute atomic E-state index is 12.0. The summed E-state index contributed by atoms with van der Waals surface area (Å²) < 4.78 is 11.1. The van der Waals surface area contributed by atoms with Crippen molar-refractivity contribution in [3.8, 4) is 0 Å². The Morgan fingerprint density at radius 2 is 1.62 bits per heavy atom. The van der Waals surface area contributed by atoms with Gasteiger partial charge >= 0.3 is 5.97 Å². The third-order valence-corrected chi connectivity index (χ3v) is 4.74. The standard InChI is InChI=1S/C21H25NO7/c23-19-17(22(26)29-21(25)16-9-5-2-6-10-16)13-18(20(19)24)28-12-11-27-14-15-7-3-1-4-8-15/h1-10,17-20,23-24,26H,11-14H2/t17-,18+,19+,20-/m1/s1. The van der Waals surface area contributed by atoms with Gasteiger partial charge in [0, 0.05) is 6.42 Å².